The fourth-order valence-electron chi connectivity index (χ4n) is 1.47. The number of benzene rings is 1. The first-order valence-electron chi connectivity index (χ1n) is 4.99. The molecule has 0 saturated carbocycles. The van der Waals surface area contributed by atoms with Crippen LogP contribution in [0.2, 0.25) is 0 Å². The van der Waals surface area contributed by atoms with Crippen LogP contribution in [0.3, 0.4) is 0 Å². The molecule has 0 bridgehead atoms. The second-order valence-corrected chi connectivity index (χ2v) is 3.29. The van der Waals surface area contributed by atoms with Crippen molar-refractivity contribution in [2.24, 2.45) is 0 Å². The van der Waals surface area contributed by atoms with Crippen molar-refractivity contribution in [2.45, 2.75) is 6.42 Å². The summed E-state index contributed by atoms with van der Waals surface area (Å²) >= 11 is 0. The predicted octanol–water partition coefficient (Wildman–Crippen LogP) is 2.50. The maximum absolute atomic E-state index is 7.37. The molecule has 1 aromatic heterocycles. The molecule has 80 valence electrons. The maximum atomic E-state index is 7.37. The predicted molar refractivity (Wildman–Crippen MR) is 65.4 cm³/mol. The van der Waals surface area contributed by atoms with E-state index in [9.17, 15) is 0 Å². The van der Waals surface area contributed by atoms with E-state index in [-0.39, 0.29) is 0 Å². The van der Waals surface area contributed by atoms with E-state index in [0.717, 1.165) is 11.0 Å². The van der Waals surface area contributed by atoms with Crippen molar-refractivity contribution in [3.63, 3.8) is 0 Å². The Bertz CT molecular complexity index is 551. The Hall–Kier alpha value is -2.23. The molecule has 1 N–H and O–H groups in total. The highest BCUT2D eigenvalue weighted by Gasteiger charge is 2.05. The van der Waals surface area contributed by atoms with Crippen LogP contribution < -0.4 is 0 Å². The van der Waals surface area contributed by atoms with Crippen LogP contribution in [0, 0.1) is 5.41 Å². The number of rotatable bonds is 4. The number of aromatic nitrogens is 3. The number of para-hydroxylation sites is 1. The standard InChI is InChI=1S/C12H12N4/c1-2-3-6-10(9-13)16-12-8-5-4-7-11(12)14-15-16/h2,4-9,13H,1,3H2/b10-6-,13-9?. The van der Waals surface area contributed by atoms with Gasteiger partial charge >= 0.3 is 0 Å². The lowest BCUT2D eigenvalue weighted by Crippen LogP contribution is -2.00. The lowest BCUT2D eigenvalue weighted by molar-refractivity contribution is 0.848. The van der Waals surface area contributed by atoms with Gasteiger partial charge < -0.3 is 5.41 Å². The fourth-order valence-corrected chi connectivity index (χ4v) is 1.47. The van der Waals surface area contributed by atoms with Gasteiger partial charge in [0.1, 0.15) is 5.52 Å². The Balaban J connectivity index is 2.53. The van der Waals surface area contributed by atoms with Gasteiger partial charge in [-0.2, -0.15) is 0 Å². The minimum atomic E-state index is 0.702. The summed E-state index contributed by atoms with van der Waals surface area (Å²) in [6, 6.07) is 7.67. The van der Waals surface area contributed by atoms with Crippen LogP contribution in [-0.4, -0.2) is 21.2 Å². The number of hydrogen-bond acceptors (Lipinski definition) is 3. The minimum absolute atomic E-state index is 0.702. The van der Waals surface area contributed by atoms with Gasteiger partial charge in [0.25, 0.3) is 0 Å². The molecule has 0 fully saturated rings. The van der Waals surface area contributed by atoms with E-state index in [1.807, 2.05) is 30.3 Å². The Kier molecular flexibility index (Phi) is 2.91. The van der Waals surface area contributed by atoms with Crippen LogP contribution in [0.4, 0.5) is 0 Å². The molecule has 1 heterocycles. The van der Waals surface area contributed by atoms with Crippen molar-refractivity contribution in [1.82, 2.24) is 15.0 Å². The molecular weight excluding hydrogens is 200 g/mol. The molecule has 2 rings (SSSR count). The van der Waals surface area contributed by atoms with E-state index in [4.69, 9.17) is 5.41 Å². The Morgan fingerprint density at radius 3 is 3.00 bits per heavy atom. The number of nitrogens with zero attached hydrogens (tertiary/aromatic N) is 3. The average molecular weight is 212 g/mol. The first-order chi connectivity index (χ1) is 7.86. The molecule has 0 saturated heterocycles. The van der Waals surface area contributed by atoms with Crippen molar-refractivity contribution in [3.05, 3.63) is 43.0 Å². The van der Waals surface area contributed by atoms with Crippen molar-refractivity contribution < 1.29 is 0 Å². The maximum Gasteiger partial charge on any atom is 0.113 e. The molecule has 0 spiro atoms. The molecule has 1 aromatic carbocycles. The van der Waals surface area contributed by atoms with Crippen LogP contribution in [-0.2, 0) is 0 Å². The van der Waals surface area contributed by atoms with E-state index in [1.54, 1.807) is 10.8 Å². The summed E-state index contributed by atoms with van der Waals surface area (Å²) < 4.78 is 1.66. The highest BCUT2D eigenvalue weighted by molar-refractivity contribution is 6.02. The van der Waals surface area contributed by atoms with Crippen LogP contribution in [0.1, 0.15) is 6.42 Å². The molecule has 0 unspecified atom stereocenters. The normalized spacial score (nSPS) is 11.6. The molecular formula is C12H12N4. The molecule has 0 radical (unpaired) electrons. The summed E-state index contributed by atoms with van der Waals surface area (Å²) in [4.78, 5) is 0. The van der Waals surface area contributed by atoms with Gasteiger partial charge in [0.2, 0.25) is 0 Å². The van der Waals surface area contributed by atoms with Crippen molar-refractivity contribution in [3.8, 4) is 0 Å². The lowest BCUT2D eigenvalue weighted by atomic mass is 10.3. The van der Waals surface area contributed by atoms with Gasteiger partial charge in [-0.25, -0.2) is 4.68 Å². The average Bonchev–Trinajstić information content (AvgIpc) is 2.75. The lowest BCUT2D eigenvalue weighted by Gasteiger charge is -2.00. The summed E-state index contributed by atoms with van der Waals surface area (Å²) in [7, 11) is 0. The summed E-state index contributed by atoms with van der Waals surface area (Å²) in [5.41, 5.74) is 2.43. The number of hydrogen-bond donors (Lipinski definition) is 1. The highest BCUT2D eigenvalue weighted by Crippen LogP contribution is 2.13. The third-order valence-corrected chi connectivity index (χ3v) is 2.24. The number of allylic oxidation sites excluding steroid dienone is 3. The summed E-state index contributed by atoms with van der Waals surface area (Å²) in [6.45, 7) is 3.65. The first kappa shape index (κ1) is 10.3. The first-order valence-corrected chi connectivity index (χ1v) is 4.99. The topological polar surface area (TPSA) is 54.6 Å². The molecule has 4 nitrogen and oxygen atoms in total. The van der Waals surface area contributed by atoms with Crippen LogP contribution in [0.5, 0.6) is 0 Å². The third kappa shape index (κ3) is 1.77. The fraction of sp³-hybridized carbons (Fsp3) is 0.0833. The van der Waals surface area contributed by atoms with Gasteiger partial charge in [-0.05, 0) is 18.6 Å². The molecule has 0 atom stereocenters. The monoisotopic (exact) mass is 212 g/mol. The zero-order valence-corrected chi connectivity index (χ0v) is 8.80. The molecule has 0 aliphatic heterocycles. The Morgan fingerprint density at radius 2 is 2.25 bits per heavy atom. The van der Waals surface area contributed by atoms with Gasteiger partial charge in [-0.1, -0.05) is 29.5 Å². The largest absolute Gasteiger partial charge is 0.307 e. The zero-order valence-electron chi connectivity index (χ0n) is 8.80. The molecule has 0 aliphatic rings. The van der Waals surface area contributed by atoms with Crippen LogP contribution in [0.25, 0.3) is 16.7 Å². The van der Waals surface area contributed by atoms with Gasteiger partial charge in [0.05, 0.1) is 11.2 Å². The van der Waals surface area contributed by atoms with E-state index >= 15 is 0 Å². The highest BCUT2D eigenvalue weighted by atomic mass is 15.4. The molecule has 16 heavy (non-hydrogen) atoms. The zero-order chi connectivity index (χ0) is 11.4. The SMILES string of the molecule is C=CC/C=C(/C=N)n1nnc2ccccc21. The Morgan fingerprint density at radius 1 is 1.44 bits per heavy atom. The minimum Gasteiger partial charge on any atom is -0.307 e. The van der Waals surface area contributed by atoms with E-state index < -0.39 is 0 Å². The summed E-state index contributed by atoms with van der Waals surface area (Å²) in [6.07, 6.45) is 5.65. The van der Waals surface area contributed by atoms with Crippen molar-refractivity contribution in [1.29, 1.82) is 5.41 Å². The van der Waals surface area contributed by atoms with E-state index in [1.165, 1.54) is 6.21 Å². The van der Waals surface area contributed by atoms with E-state index in [0.29, 0.717) is 12.1 Å². The summed E-state index contributed by atoms with van der Waals surface area (Å²) in [5.74, 6) is 0. The quantitative estimate of drug-likeness (QED) is 0.625. The van der Waals surface area contributed by atoms with Crippen molar-refractivity contribution >= 4 is 22.9 Å². The van der Waals surface area contributed by atoms with Crippen LogP contribution >= 0.6 is 0 Å². The van der Waals surface area contributed by atoms with Gasteiger partial charge in [0, 0.05) is 6.21 Å². The Labute approximate surface area is 93.4 Å². The second-order valence-electron chi connectivity index (χ2n) is 3.29. The van der Waals surface area contributed by atoms with Gasteiger partial charge in [-0.15, -0.1) is 11.7 Å². The second kappa shape index (κ2) is 4.53. The van der Waals surface area contributed by atoms with E-state index in [2.05, 4.69) is 16.9 Å². The molecule has 4 heteroatoms. The van der Waals surface area contributed by atoms with Gasteiger partial charge in [-0.3, -0.25) is 0 Å². The van der Waals surface area contributed by atoms with Gasteiger partial charge in [0.15, 0.2) is 0 Å². The summed E-state index contributed by atoms with van der Waals surface area (Å²) in [5, 5.41) is 15.4. The smallest absolute Gasteiger partial charge is 0.113 e. The number of nitrogens with one attached hydrogen (secondary N) is 1. The molecule has 0 amide bonds. The van der Waals surface area contributed by atoms with Crippen molar-refractivity contribution in [2.75, 3.05) is 0 Å². The third-order valence-electron chi connectivity index (χ3n) is 2.24. The number of fused-ring (bicyclic) bond motifs is 1. The molecule has 2 aromatic rings. The molecule has 0 aliphatic carbocycles. The van der Waals surface area contributed by atoms with Crippen LogP contribution in [0.15, 0.2) is 43.0 Å².